The van der Waals surface area contributed by atoms with Gasteiger partial charge in [-0.2, -0.15) is 0 Å². The predicted molar refractivity (Wildman–Crippen MR) is 82.1 cm³/mol. The first-order chi connectivity index (χ1) is 7.87. The molecule has 3 heteroatoms. The maximum atomic E-state index is 6.23. The summed E-state index contributed by atoms with van der Waals surface area (Å²) in [5.74, 6) is 3.20. The van der Waals surface area contributed by atoms with Crippen molar-refractivity contribution in [3.8, 4) is 11.5 Å². The second kappa shape index (κ2) is 6.66. The molecule has 92 valence electrons. The third kappa shape index (κ3) is 6.96. The Labute approximate surface area is 117 Å². The molecule has 0 radical (unpaired) electrons. The monoisotopic (exact) mass is 330 g/mol. The fourth-order valence-electron chi connectivity index (χ4n) is 1.14. The number of hydrogen-bond acceptors (Lipinski definition) is 0. The van der Waals surface area contributed by atoms with Crippen molar-refractivity contribution in [3.63, 3.8) is 0 Å². The molecule has 0 spiro atoms. The summed E-state index contributed by atoms with van der Waals surface area (Å²) in [6.45, 7) is 8.85. The van der Waals surface area contributed by atoms with Crippen LogP contribution in [0.3, 0.4) is 0 Å². The number of hydrogen-bond donors (Lipinski definition) is 0. The van der Waals surface area contributed by atoms with Crippen molar-refractivity contribution in [2.45, 2.75) is 37.3 Å². The van der Waals surface area contributed by atoms with Gasteiger partial charge in [0.05, 0.1) is 0 Å². The molecule has 0 saturated carbocycles. The number of alkyl halides is 1. The van der Waals surface area contributed by atoms with E-state index in [-0.39, 0.29) is 5.38 Å². The van der Waals surface area contributed by atoms with Crippen LogP contribution in [0.2, 0.25) is 25.0 Å². The van der Waals surface area contributed by atoms with Gasteiger partial charge in [0, 0.05) is 0 Å². The Balaban J connectivity index is 2.45. The van der Waals surface area contributed by atoms with Crippen molar-refractivity contribution >= 4 is 39.1 Å². The maximum absolute atomic E-state index is 6.23. The van der Waals surface area contributed by atoms with Crippen LogP contribution in [0.25, 0.3) is 0 Å². The average molecular weight is 330 g/mol. The van der Waals surface area contributed by atoms with Gasteiger partial charge in [-0.15, -0.1) is 0 Å². The van der Waals surface area contributed by atoms with E-state index in [0.717, 1.165) is 5.32 Å². The zero-order valence-electron chi connectivity index (χ0n) is 10.9. The first kappa shape index (κ1) is 14.9. The summed E-state index contributed by atoms with van der Waals surface area (Å²) in [6, 6.07) is 8.72. The van der Waals surface area contributed by atoms with Gasteiger partial charge in [-0.1, -0.05) is 0 Å². The Morgan fingerprint density at radius 2 is 1.82 bits per heavy atom. The van der Waals surface area contributed by atoms with Crippen molar-refractivity contribution in [2.75, 3.05) is 0 Å². The Bertz CT molecular complexity index is 409. The van der Waals surface area contributed by atoms with Gasteiger partial charge in [0.15, 0.2) is 0 Å². The molecule has 0 aliphatic carbocycles. The second-order valence-electron chi connectivity index (χ2n) is 5.11. The molecule has 0 amide bonds. The summed E-state index contributed by atoms with van der Waals surface area (Å²) in [5, 5.41) is 1.01. The standard InChI is InChI=1S/C14H19ClSeSi/c1-12-5-7-14(8-6-12)16-11-13(15)9-10-17(2,3)4/h5-8,13H,11H2,1-4H3. The summed E-state index contributed by atoms with van der Waals surface area (Å²) < 4.78 is 1.41. The molecule has 0 aliphatic heterocycles. The Morgan fingerprint density at radius 1 is 1.24 bits per heavy atom. The van der Waals surface area contributed by atoms with Crippen LogP contribution in [0, 0.1) is 18.4 Å². The van der Waals surface area contributed by atoms with Gasteiger partial charge in [-0.25, -0.2) is 0 Å². The molecule has 1 unspecified atom stereocenters. The topological polar surface area (TPSA) is 0 Å². The molecular formula is C14H19ClSeSi. The Hall–Kier alpha value is -0.194. The number of benzene rings is 1. The van der Waals surface area contributed by atoms with E-state index in [1.807, 2.05) is 0 Å². The molecule has 0 saturated heterocycles. The van der Waals surface area contributed by atoms with Crippen LogP contribution < -0.4 is 4.46 Å². The second-order valence-corrected chi connectivity index (χ2v) is 12.7. The fourth-order valence-corrected chi connectivity index (χ4v) is 3.80. The Kier molecular flexibility index (Phi) is 5.83. The summed E-state index contributed by atoms with van der Waals surface area (Å²) >= 11 is 6.67. The van der Waals surface area contributed by atoms with E-state index in [9.17, 15) is 0 Å². The Morgan fingerprint density at radius 3 is 2.35 bits per heavy atom. The average Bonchev–Trinajstić information content (AvgIpc) is 2.25. The fraction of sp³-hybridized carbons (Fsp3) is 0.429. The van der Waals surface area contributed by atoms with Gasteiger partial charge < -0.3 is 0 Å². The van der Waals surface area contributed by atoms with Crippen LogP contribution in [0.15, 0.2) is 24.3 Å². The minimum absolute atomic E-state index is 0.0167. The molecule has 0 aromatic heterocycles. The van der Waals surface area contributed by atoms with Crippen molar-refractivity contribution < 1.29 is 0 Å². The van der Waals surface area contributed by atoms with Gasteiger partial charge in [0.25, 0.3) is 0 Å². The first-order valence-electron chi connectivity index (χ1n) is 5.73. The molecule has 1 aromatic carbocycles. The quantitative estimate of drug-likeness (QED) is 0.454. The zero-order chi connectivity index (χ0) is 12.9. The van der Waals surface area contributed by atoms with Crippen molar-refractivity contribution in [1.82, 2.24) is 0 Å². The number of rotatable bonds is 3. The van der Waals surface area contributed by atoms with E-state index in [2.05, 4.69) is 62.3 Å². The molecule has 1 atom stereocenters. The molecule has 0 nitrogen and oxygen atoms in total. The van der Waals surface area contributed by atoms with Crippen LogP contribution in [-0.4, -0.2) is 28.4 Å². The molecule has 1 aromatic rings. The van der Waals surface area contributed by atoms with Gasteiger partial charge in [-0.05, 0) is 0 Å². The molecule has 0 heterocycles. The summed E-state index contributed by atoms with van der Waals surface area (Å²) in [6.07, 6.45) is 0. The van der Waals surface area contributed by atoms with Crippen LogP contribution in [0.5, 0.6) is 0 Å². The van der Waals surface area contributed by atoms with E-state index < -0.39 is 8.07 Å². The molecule has 1 rings (SSSR count). The molecule has 0 aliphatic rings. The van der Waals surface area contributed by atoms with Crippen molar-refractivity contribution in [2.24, 2.45) is 0 Å². The van der Waals surface area contributed by atoms with Crippen LogP contribution in [0.1, 0.15) is 5.56 Å². The molecular weight excluding hydrogens is 311 g/mol. The molecule has 0 fully saturated rings. The zero-order valence-corrected chi connectivity index (χ0v) is 14.3. The normalized spacial score (nSPS) is 12.8. The van der Waals surface area contributed by atoms with Gasteiger partial charge in [-0.3, -0.25) is 0 Å². The minimum atomic E-state index is -1.27. The van der Waals surface area contributed by atoms with E-state index in [0.29, 0.717) is 15.0 Å². The van der Waals surface area contributed by atoms with Gasteiger partial charge in [0.1, 0.15) is 0 Å². The van der Waals surface area contributed by atoms with E-state index in [4.69, 9.17) is 11.6 Å². The number of aryl methyl sites for hydroxylation is 1. The van der Waals surface area contributed by atoms with E-state index in [1.54, 1.807) is 0 Å². The van der Waals surface area contributed by atoms with Crippen molar-refractivity contribution in [1.29, 1.82) is 0 Å². The summed E-state index contributed by atoms with van der Waals surface area (Å²) in [5.41, 5.74) is 4.64. The van der Waals surface area contributed by atoms with Crippen LogP contribution in [0.4, 0.5) is 0 Å². The van der Waals surface area contributed by atoms with Gasteiger partial charge in [0.2, 0.25) is 0 Å². The third-order valence-corrected chi connectivity index (χ3v) is 5.91. The molecule has 0 N–H and O–H groups in total. The molecule has 0 bridgehead atoms. The SMILES string of the molecule is Cc1ccc([Se]CC(Cl)C#C[Si](C)(C)C)cc1. The third-order valence-electron chi connectivity index (χ3n) is 2.02. The number of halogens is 1. The van der Waals surface area contributed by atoms with E-state index in [1.165, 1.54) is 10.0 Å². The van der Waals surface area contributed by atoms with Crippen molar-refractivity contribution in [3.05, 3.63) is 29.8 Å². The van der Waals surface area contributed by atoms with E-state index >= 15 is 0 Å². The predicted octanol–water partition coefficient (Wildman–Crippen LogP) is 3.23. The molecule has 17 heavy (non-hydrogen) atoms. The van der Waals surface area contributed by atoms with Gasteiger partial charge >= 0.3 is 118 Å². The summed E-state index contributed by atoms with van der Waals surface area (Å²) in [7, 11) is -1.27. The first-order valence-corrected chi connectivity index (χ1v) is 11.7. The van der Waals surface area contributed by atoms with Crippen LogP contribution in [-0.2, 0) is 0 Å². The van der Waals surface area contributed by atoms with Crippen LogP contribution >= 0.6 is 11.6 Å². The summed E-state index contributed by atoms with van der Waals surface area (Å²) in [4.78, 5) is 0.